The van der Waals surface area contributed by atoms with Gasteiger partial charge in [0.1, 0.15) is 0 Å². The smallest absolute Gasteiger partial charge is 0.179 e. The summed E-state index contributed by atoms with van der Waals surface area (Å²) >= 11 is 6.05. The van der Waals surface area contributed by atoms with Gasteiger partial charge in [0.15, 0.2) is 11.5 Å². The highest BCUT2D eigenvalue weighted by atomic mass is 35.5. The van der Waals surface area contributed by atoms with E-state index in [0.29, 0.717) is 17.1 Å². The molecule has 16 heavy (non-hydrogen) atoms. The lowest BCUT2D eigenvalue weighted by atomic mass is 10.1. The van der Waals surface area contributed by atoms with Crippen molar-refractivity contribution in [1.82, 2.24) is 0 Å². The molecule has 0 aliphatic rings. The van der Waals surface area contributed by atoms with E-state index in [1.54, 1.807) is 12.1 Å². The van der Waals surface area contributed by atoms with Crippen LogP contribution in [0, 0.1) is 11.3 Å². The largest absolute Gasteiger partial charge is 0.493 e. The van der Waals surface area contributed by atoms with E-state index in [9.17, 15) is 5.11 Å². The number of ether oxygens (including phenoxy) is 2. The SMILES string of the molecule is COc1ccc(C(O)CC#N)c(Cl)c1OC. The summed E-state index contributed by atoms with van der Waals surface area (Å²) in [4.78, 5) is 0. The fraction of sp³-hybridized carbons (Fsp3) is 0.364. The van der Waals surface area contributed by atoms with E-state index >= 15 is 0 Å². The molecule has 1 rings (SSSR count). The summed E-state index contributed by atoms with van der Waals surface area (Å²) in [6.07, 6.45) is -0.938. The molecular weight excluding hydrogens is 230 g/mol. The standard InChI is InChI=1S/C11H12ClNO3/c1-15-9-4-3-7(8(14)5-6-13)10(12)11(9)16-2/h3-4,8,14H,5H2,1-2H3. The predicted molar refractivity (Wildman–Crippen MR) is 59.7 cm³/mol. The highest BCUT2D eigenvalue weighted by Crippen LogP contribution is 2.39. The van der Waals surface area contributed by atoms with E-state index in [-0.39, 0.29) is 11.4 Å². The summed E-state index contributed by atoms with van der Waals surface area (Å²) in [6.45, 7) is 0. The summed E-state index contributed by atoms with van der Waals surface area (Å²) in [7, 11) is 2.96. The average molecular weight is 242 g/mol. The van der Waals surface area contributed by atoms with Crippen LogP contribution in [0.2, 0.25) is 5.02 Å². The molecule has 0 heterocycles. The van der Waals surface area contributed by atoms with Crippen molar-refractivity contribution in [3.8, 4) is 17.6 Å². The number of halogens is 1. The van der Waals surface area contributed by atoms with Gasteiger partial charge in [0.2, 0.25) is 0 Å². The molecule has 86 valence electrons. The van der Waals surface area contributed by atoms with Crippen molar-refractivity contribution in [1.29, 1.82) is 5.26 Å². The van der Waals surface area contributed by atoms with Crippen LogP contribution in [0.5, 0.6) is 11.5 Å². The molecule has 0 saturated heterocycles. The van der Waals surface area contributed by atoms with Crippen LogP contribution in [0.1, 0.15) is 18.1 Å². The van der Waals surface area contributed by atoms with Crippen molar-refractivity contribution in [2.45, 2.75) is 12.5 Å². The zero-order chi connectivity index (χ0) is 12.1. The Bertz CT molecular complexity index is 414. The van der Waals surface area contributed by atoms with Gasteiger partial charge >= 0.3 is 0 Å². The van der Waals surface area contributed by atoms with Crippen molar-refractivity contribution >= 4 is 11.6 Å². The Labute approximate surface area is 99.0 Å². The molecule has 0 fully saturated rings. The molecule has 0 amide bonds. The van der Waals surface area contributed by atoms with Crippen molar-refractivity contribution in [3.63, 3.8) is 0 Å². The zero-order valence-corrected chi connectivity index (χ0v) is 9.78. The van der Waals surface area contributed by atoms with Crippen LogP contribution in [0.4, 0.5) is 0 Å². The van der Waals surface area contributed by atoms with Gasteiger partial charge in [0.05, 0.1) is 37.8 Å². The van der Waals surface area contributed by atoms with Crippen molar-refractivity contribution in [3.05, 3.63) is 22.7 Å². The molecule has 0 spiro atoms. The number of aliphatic hydroxyl groups excluding tert-OH is 1. The van der Waals surface area contributed by atoms with Crippen LogP contribution in [0.15, 0.2) is 12.1 Å². The maximum atomic E-state index is 9.68. The predicted octanol–water partition coefficient (Wildman–Crippen LogP) is 2.30. The van der Waals surface area contributed by atoms with Crippen LogP contribution >= 0.6 is 11.6 Å². The quantitative estimate of drug-likeness (QED) is 0.879. The first-order chi connectivity index (χ1) is 7.65. The van der Waals surface area contributed by atoms with E-state index in [1.165, 1.54) is 14.2 Å². The lowest BCUT2D eigenvalue weighted by Gasteiger charge is -2.14. The monoisotopic (exact) mass is 241 g/mol. The maximum absolute atomic E-state index is 9.68. The average Bonchev–Trinajstić information content (AvgIpc) is 2.28. The minimum Gasteiger partial charge on any atom is -0.493 e. The van der Waals surface area contributed by atoms with Crippen LogP contribution in [0.25, 0.3) is 0 Å². The van der Waals surface area contributed by atoms with Crippen LogP contribution in [-0.4, -0.2) is 19.3 Å². The van der Waals surface area contributed by atoms with Gasteiger partial charge in [-0.25, -0.2) is 0 Å². The molecule has 0 aliphatic heterocycles. The number of aliphatic hydroxyl groups is 1. The second-order valence-electron chi connectivity index (χ2n) is 3.08. The van der Waals surface area contributed by atoms with Crippen molar-refractivity contribution in [2.75, 3.05) is 14.2 Å². The third-order valence-electron chi connectivity index (χ3n) is 2.16. The van der Waals surface area contributed by atoms with E-state index in [4.69, 9.17) is 26.3 Å². The third-order valence-corrected chi connectivity index (χ3v) is 2.55. The summed E-state index contributed by atoms with van der Waals surface area (Å²) in [5.74, 6) is 0.846. The van der Waals surface area contributed by atoms with Gasteiger partial charge in [-0.15, -0.1) is 0 Å². The Hall–Kier alpha value is -1.44. The summed E-state index contributed by atoms with van der Waals surface area (Å²) < 4.78 is 10.1. The molecule has 0 aromatic heterocycles. The molecule has 1 N–H and O–H groups in total. The van der Waals surface area contributed by atoms with E-state index < -0.39 is 6.10 Å². The lowest BCUT2D eigenvalue weighted by Crippen LogP contribution is -2.00. The number of methoxy groups -OCH3 is 2. The Morgan fingerprint density at radius 2 is 2.12 bits per heavy atom. The fourth-order valence-electron chi connectivity index (χ4n) is 1.36. The highest BCUT2D eigenvalue weighted by Gasteiger charge is 2.18. The summed E-state index contributed by atoms with van der Waals surface area (Å²) in [6, 6.07) is 5.13. The van der Waals surface area contributed by atoms with Crippen LogP contribution < -0.4 is 9.47 Å². The Morgan fingerprint density at radius 3 is 2.62 bits per heavy atom. The maximum Gasteiger partial charge on any atom is 0.179 e. The van der Waals surface area contributed by atoms with Gasteiger partial charge in [-0.1, -0.05) is 17.7 Å². The second kappa shape index (κ2) is 5.59. The molecule has 1 atom stereocenters. The van der Waals surface area contributed by atoms with Crippen molar-refractivity contribution < 1.29 is 14.6 Å². The molecule has 1 unspecified atom stereocenters. The number of nitriles is 1. The molecule has 1 aromatic rings. The molecule has 0 bridgehead atoms. The third kappa shape index (κ3) is 2.38. The first-order valence-corrected chi connectivity index (χ1v) is 4.98. The van der Waals surface area contributed by atoms with Gasteiger partial charge in [-0.3, -0.25) is 0 Å². The molecule has 0 aliphatic carbocycles. The minimum atomic E-state index is -0.919. The Kier molecular flexibility index (Phi) is 4.41. The van der Waals surface area contributed by atoms with E-state index in [0.717, 1.165) is 0 Å². The number of hydrogen-bond acceptors (Lipinski definition) is 4. The molecule has 4 nitrogen and oxygen atoms in total. The van der Waals surface area contributed by atoms with E-state index in [1.807, 2.05) is 6.07 Å². The molecule has 0 radical (unpaired) electrons. The van der Waals surface area contributed by atoms with E-state index in [2.05, 4.69) is 0 Å². The first kappa shape index (κ1) is 12.6. The lowest BCUT2D eigenvalue weighted by molar-refractivity contribution is 0.183. The normalized spacial score (nSPS) is 11.7. The first-order valence-electron chi connectivity index (χ1n) is 4.61. The van der Waals surface area contributed by atoms with Gasteiger partial charge in [-0.2, -0.15) is 5.26 Å². The number of hydrogen-bond donors (Lipinski definition) is 1. The Balaban J connectivity index is 3.19. The van der Waals surface area contributed by atoms with Crippen molar-refractivity contribution in [2.24, 2.45) is 0 Å². The summed E-state index contributed by atoms with van der Waals surface area (Å²) in [5.41, 5.74) is 0.459. The topological polar surface area (TPSA) is 62.5 Å². The van der Waals surface area contributed by atoms with Crippen LogP contribution in [-0.2, 0) is 0 Å². The van der Waals surface area contributed by atoms with Gasteiger partial charge in [0.25, 0.3) is 0 Å². The molecular formula is C11H12ClNO3. The Morgan fingerprint density at radius 1 is 1.44 bits per heavy atom. The second-order valence-corrected chi connectivity index (χ2v) is 3.46. The number of rotatable bonds is 4. The minimum absolute atomic E-state index is 0.0186. The molecule has 1 aromatic carbocycles. The van der Waals surface area contributed by atoms with Gasteiger partial charge in [-0.05, 0) is 6.07 Å². The van der Waals surface area contributed by atoms with Gasteiger partial charge < -0.3 is 14.6 Å². The molecule has 5 heteroatoms. The molecule has 0 saturated carbocycles. The number of benzene rings is 1. The fourth-order valence-corrected chi connectivity index (χ4v) is 1.72. The van der Waals surface area contributed by atoms with Gasteiger partial charge in [0, 0.05) is 5.56 Å². The van der Waals surface area contributed by atoms with Crippen LogP contribution in [0.3, 0.4) is 0 Å². The highest BCUT2D eigenvalue weighted by molar-refractivity contribution is 6.33. The summed E-state index contributed by atoms with van der Waals surface area (Å²) in [5, 5.41) is 18.5. The number of nitrogens with zero attached hydrogens (tertiary/aromatic N) is 1. The zero-order valence-electron chi connectivity index (χ0n) is 9.03.